The number of hydrogen-bond acceptors (Lipinski definition) is 4. The van der Waals surface area contributed by atoms with Crippen LogP contribution in [0.1, 0.15) is 44.9 Å². The topological polar surface area (TPSA) is 66.5 Å². The Morgan fingerprint density at radius 3 is 2.42 bits per heavy atom. The van der Waals surface area contributed by atoms with Crippen LogP contribution in [0.5, 0.6) is 0 Å². The van der Waals surface area contributed by atoms with Crippen LogP contribution < -0.4 is 5.32 Å². The lowest BCUT2D eigenvalue weighted by atomic mass is 9.50. The smallest absolute Gasteiger partial charge is 0.188 e. The molecule has 0 radical (unpaired) electrons. The van der Waals surface area contributed by atoms with E-state index in [-0.39, 0.29) is 0 Å². The molecular weight excluding hydrogens is 238 g/mol. The monoisotopic (exact) mass is 261 g/mol. The molecule has 1 heterocycles. The molecular formula is C14H23N5. The molecule has 4 saturated carbocycles. The van der Waals surface area contributed by atoms with E-state index in [1.165, 1.54) is 32.1 Å². The predicted octanol–water partition coefficient (Wildman–Crippen LogP) is 1.75. The second-order valence-electron chi connectivity index (χ2n) is 7.01. The molecule has 5 nitrogen and oxygen atoms in total. The fraction of sp³-hybridized carbons (Fsp3) is 0.929. The first-order valence-corrected chi connectivity index (χ1v) is 7.75. The number of nitrogens with one attached hydrogen (secondary N) is 2. The second-order valence-corrected chi connectivity index (χ2v) is 7.01. The number of tetrazole rings is 1. The highest BCUT2D eigenvalue weighted by Gasteiger charge is 2.49. The fourth-order valence-corrected chi connectivity index (χ4v) is 5.43. The Bertz CT molecular complexity index is 401. The standard InChI is InChI=1S/C14H23N5/c1-8(15-7-13-16-18-19-17-13)14-11-3-9-2-10(5-11)6-12(14)4-9/h8-12,14-15H,2-7H2,1H3,(H,16,17,18,19). The van der Waals surface area contributed by atoms with Gasteiger partial charge in [0.25, 0.3) is 0 Å². The molecule has 2 N–H and O–H groups in total. The summed E-state index contributed by atoms with van der Waals surface area (Å²) in [5.41, 5.74) is 0. The molecule has 0 aliphatic heterocycles. The first-order valence-electron chi connectivity index (χ1n) is 7.75. The van der Waals surface area contributed by atoms with Gasteiger partial charge in [-0.3, -0.25) is 0 Å². The van der Waals surface area contributed by atoms with Crippen molar-refractivity contribution in [2.75, 3.05) is 0 Å². The number of aromatic amines is 1. The second kappa shape index (κ2) is 4.54. The van der Waals surface area contributed by atoms with E-state index in [1.54, 1.807) is 0 Å². The first-order chi connectivity index (χ1) is 9.29. The van der Waals surface area contributed by atoms with E-state index in [0.29, 0.717) is 6.04 Å². The average molecular weight is 261 g/mol. The van der Waals surface area contributed by atoms with Gasteiger partial charge >= 0.3 is 0 Å². The summed E-state index contributed by atoms with van der Waals surface area (Å²) in [6.07, 6.45) is 7.50. The van der Waals surface area contributed by atoms with Crippen molar-refractivity contribution in [2.24, 2.45) is 29.6 Å². The molecule has 0 aromatic carbocycles. The lowest BCUT2D eigenvalue weighted by Crippen LogP contribution is -2.51. The molecule has 0 saturated heterocycles. The molecule has 4 fully saturated rings. The third-order valence-corrected chi connectivity index (χ3v) is 5.85. The van der Waals surface area contributed by atoms with Crippen LogP contribution in [0.2, 0.25) is 0 Å². The lowest BCUT2D eigenvalue weighted by Gasteiger charge is -2.56. The third-order valence-electron chi connectivity index (χ3n) is 5.85. The van der Waals surface area contributed by atoms with Crippen molar-refractivity contribution in [1.82, 2.24) is 25.9 Å². The minimum Gasteiger partial charge on any atom is -0.307 e. The van der Waals surface area contributed by atoms with Crippen LogP contribution in [0.4, 0.5) is 0 Å². The van der Waals surface area contributed by atoms with Gasteiger partial charge in [-0.25, -0.2) is 0 Å². The molecule has 0 amide bonds. The van der Waals surface area contributed by atoms with Gasteiger partial charge < -0.3 is 5.32 Å². The van der Waals surface area contributed by atoms with Gasteiger partial charge in [-0.05, 0) is 68.6 Å². The maximum absolute atomic E-state index is 4.01. The minimum absolute atomic E-state index is 0.577. The van der Waals surface area contributed by atoms with Gasteiger partial charge in [-0.2, -0.15) is 5.21 Å². The van der Waals surface area contributed by atoms with Crippen LogP contribution in [-0.4, -0.2) is 26.7 Å². The number of hydrogen-bond donors (Lipinski definition) is 2. The maximum Gasteiger partial charge on any atom is 0.188 e. The van der Waals surface area contributed by atoms with Crippen molar-refractivity contribution in [3.63, 3.8) is 0 Å². The zero-order chi connectivity index (χ0) is 12.8. The highest BCUT2D eigenvalue weighted by molar-refractivity contribution is 5.00. The Labute approximate surface area is 113 Å². The van der Waals surface area contributed by atoms with E-state index < -0.39 is 0 Å². The molecule has 1 aromatic heterocycles. The van der Waals surface area contributed by atoms with Crippen LogP contribution in [0.25, 0.3) is 0 Å². The normalized spacial score (nSPS) is 41.6. The first kappa shape index (κ1) is 11.8. The quantitative estimate of drug-likeness (QED) is 0.866. The average Bonchev–Trinajstić information content (AvgIpc) is 2.88. The summed E-state index contributed by atoms with van der Waals surface area (Å²) in [7, 11) is 0. The summed E-state index contributed by atoms with van der Waals surface area (Å²) in [5, 5.41) is 17.8. The van der Waals surface area contributed by atoms with Gasteiger partial charge in [-0.15, -0.1) is 10.2 Å². The molecule has 1 unspecified atom stereocenters. The Hall–Kier alpha value is -0.970. The molecule has 5 heteroatoms. The fourth-order valence-electron chi connectivity index (χ4n) is 5.43. The Morgan fingerprint density at radius 1 is 1.16 bits per heavy atom. The zero-order valence-electron chi connectivity index (χ0n) is 11.5. The number of rotatable bonds is 4. The zero-order valence-corrected chi connectivity index (χ0v) is 11.5. The van der Waals surface area contributed by atoms with Gasteiger partial charge in [0, 0.05) is 6.04 Å². The number of H-pyrrole nitrogens is 1. The van der Waals surface area contributed by atoms with Crippen molar-refractivity contribution >= 4 is 0 Å². The highest BCUT2D eigenvalue weighted by Crippen LogP contribution is 2.57. The number of aromatic nitrogens is 4. The van der Waals surface area contributed by atoms with E-state index in [2.05, 4.69) is 32.9 Å². The molecule has 19 heavy (non-hydrogen) atoms. The van der Waals surface area contributed by atoms with Crippen molar-refractivity contribution in [2.45, 2.75) is 51.6 Å². The molecule has 0 spiro atoms. The summed E-state index contributed by atoms with van der Waals surface area (Å²) >= 11 is 0. The van der Waals surface area contributed by atoms with Gasteiger partial charge in [0.2, 0.25) is 0 Å². The summed E-state index contributed by atoms with van der Waals surface area (Å²) in [6.45, 7) is 3.09. The van der Waals surface area contributed by atoms with E-state index in [0.717, 1.165) is 42.0 Å². The molecule has 4 aliphatic rings. The Balaban J connectivity index is 1.41. The van der Waals surface area contributed by atoms with Gasteiger partial charge in [0.05, 0.1) is 6.54 Å². The molecule has 1 atom stereocenters. The summed E-state index contributed by atoms with van der Waals surface area (Å²) in [5.74, 6) is 5.72. The summed E-state index contributed by atoms with van der Waals surface area (Å²) < 4.78 is 0. The summed E-state index contributed by atoms with van der Waals surface area (Å²) in [4.78, 5) is 0. The van der Waals surface area contributed by atoms with E-state index in [9.17, 15) is 0 Å². The van der Waals surface area contributed by atoms with Crippen LogP contribution in [0, 0.1) is 29.6 Å². The molecule has 4 aliphatic carbocycles. The molecule has 5 rings (SSSR count). The third kappa shape index (κ3) is 2.08. The van der Waals surface area contributed by atoms with Crippen molar-refractivity contribution in [1.29, 1.82) is 0 Å². The van der Waals surface area contributed by atoms with Crippen LogP contribution in [0.15, 0.2) is 0 Å². The molecule has 104 valence electrons. The lowest BCUT2D eigenvalue weighted by molar-refractivity contribution is -0.0495. The highest BCUT2D eigenvalue weighted by atomic mass is 15.5. The largest absolute Gasteiger partial charge is 0.307 e. The summed E-state index contributed by atoms with van der Waals surface area (Å²) in [6, 6.07) is 0.577. The van der Waals surface area contributed by atoms with Crippen molar-refractivity contribution < 1.29 is 0 Å². The molecule has 4 bridgehead atoms. The Morgan fingerprint density at radius 2 is 1.84 bits per heavy atom. The van der Waals surface area contributed by atoms with Crippen molar-refractivity contribution in [3.8, 4) is 0 Å². The Kier molecular flexibility index (Phi) is 2.83. The predicted molar refractivity (Wildman–Crippen MR) is 71.0 cm³/mol. The van der Waals surface area contributed by atoms with Crippen LogP contribution >= 0.6 is 0 Å². The van der Waals surface area contributed by atoms with Gasteiger partial charge in [0.15, 0.2) is 5.82 Å². The van der Waals surface area contributed by atoms with E-state index in [4.69, 9.17) is 0 Å². The molecule has 1 aromatic rings. The van der Waals surface area contributed by atoms with Crippen molar-refractivity contribution in [3.05, 3.63) is 5.82 Å². The maximum atomic E-state index is 4.01. The van der Waals surface area contributed by atoms with Crippen LogP contribution in [-0.2, 0) is 6.54 Å². The van der Waals surface area contributed by atoms with Gasteiger partial charge in [0.1, 0.15) is 0 Å². The minimum atomic E-state index is 0.577. The van der Waals surface area contributed by atoms with Crippen LogP contribution in [0.3, 0.4) is 0 Å². The van der Waals surface area contributed by atoms with Gasteiger partial charge in [-0.1, -0.05) is 5.21 Å². The van der Waals surface area contributed by atoms with E-state index >= 15 is 0 Å². The SMILES string of the molecule is CC(NCc1nn[nH]n1)C1C2CC3CC(C2)CC1C3. The number of nitrogens with zero attached hydrogens (tertiary/aromatic N) is 3. The van der Waals surface area contributed by atoms with E-state index in [1.807, 2.05) is 0 Å².